The predicted molar refractivity (Wildman–Crippen MR) is 70.8 cm³/mol. The van der Waals surface area contributed by atoms with Crippen LogP contribution in [0.3, 0.4) is 0 Å². The van der Waals surface area contributed by atoms with Crippen LogP contribution in [0.4, 0.5) is 10.1 Å². The normalized spacial score (nSPS) is 10.8. The third kappa shape index (κ3) is 3.81. The van der Waals surface area contributed by atoms with Crippen molar-refractivity contribution < 1.29 is 13.9 Å². The van der Waals surface area contributed by atoms with Gasteiger partial charge < -0.3 is 9.64 Å². The first-order valence-corrected chi connectivity index (χ1v) is 6.05. The number of para-hydroxylation sites is 1. The number of hydrogen-bond acceptors (Lipinski definition) is 3. The van der Waals surface area contributed by atoms with E-state index in [1.807, 2.05) is 13.8 Å². The van der Waals surface area contributed by atoms with Crippen LogP contribution in [-0.2, 0) is 4.74 Å². The molecule has 18 heavy (non-hydrogen) atoms. The predicted octanol–water partition coefficient (Wildman–Crippen LogP) is 2.89. The lowest BCUT2D eigenvalue weighted by Crippen LogP contribution is -2.26. The summed E-state index contributed by atoms with van der Waals surface area (Å²) >= 11 is 0. The SMILES string of the molecule is CC(=O)c1cccc(F)c1N(C)CCOC(C)C. The number of likely N-dealkylation sites (N-methyl/N-ethyl adjacent to an activating group) is 1. The van der Waals surface area contributed by atoms with Crippen LogP contribution in [0.1, 0.15) is 31.1 Å². The van der Waals surface area contributed by atoms with Gasteiger partial charge in [-0.05, 0) is 32.9 Å². The van der Waals surface area contributed by atoms with Crippen LogP contribution < -0.4 is 4.90 Å². The number of carbonyl (C=O) groups is 1. The quantitative estimate of drug-likeness (QED) is 0.730. The molecule has 0 fully saturated rings. The third-order valence-electron chi connectivity index (χ3n) is 2.63. The lowest BCUT2D eigenvalue weighted by Gasteiger charge is -2.22. The summed E-state index contributed by atoms with van der Waals surface area (Å²) < 4.78 is 19.2. The van der Waals surface area contributed by atoms with Crippen LogP contribution in [-0.4, -0.2) is 32.1 Å². The summed E-state index contributed by atoms with van der Waals surface area (Å²) in [6.45, 7) is 6.38. The number of benzene rings is 1. The maximum absolute atomic E-state index is 13.8. The van der Waals surface area contributed by atoms with Gasteiger partial charge in [-0.2, -0.15) is 0 Å². The number of rotatable bonds is 6. The second-order valence-electron chi connectivity index (χ2n) is 4.53. The molecule has 0 aliphatic rings. The van der Waals surface area contributed by atoms with Gasteiger partial charge in [0, 0.05) is 19.2 Å². The van der Waals surface area contributed by atoms with Crippen LogP contribution in [0.2, 0.25) is 0 Å². The summed E-state index contributed by atoms with van der Waals surface area (Å²) in [6, 6.07) is 4.55. The first-order chi connectivity index (χ1) is 8.43. The van der Waals surface area contributed by atoms with E-state index in [0.29, 0.717) is 24.4 Å². The molecule has 0 heterocycles. The van der Waals surface area contributed by atoms with Crippen LogP contribution in [0.25, 0.3) is 0 Å². The van der Waals surface area contributed by atoms with Gasteiger partial charge in [-0.1, -0.05) is 6.07 Å². The van der Waals surface area contributed by atoms with E-state index >= 15 is 0 Å². The number of Topliss-reactive ketones (excluding diaryl/α,β-unsaturated/α-hetero) is 1. The van der Waals surface area contributed by atoms with Gasteiger partial charge in [0.05, 0.1) is 18.4 Å². The number of halogens is 1. The van der Waals surface area contributed by atoms with Gasteiger partial charge >= 0.3 is 0 Å². The van der Waals surface area contributed by atoms with E-state index in [1.54, 1.807) is 24.1 Å². The van der Waals surface area contributed by atoms with Crippen LogP contribution >= 0.6 is 0 Å². The first kappa shape index (κ1) is 14.6. The standard InChI is InChI=1S/C14H20FNO2/c1-10(2)18-9-8-16(4)14-12(11(3)17)6-5-7-13(14)15/h5-7,10H,8-9H2,1-4H3. The highest BCUT2D eigenvalue weighted by molar-refractivity contribution is 5.99. The monoisotopic (exact) mass is 253 g/mol. The minimum atomic E-state index is -0.380. The molecule has 0 saturated heterocycles. The van der Waals surface area contributed by atoms with Crippen molar-refractivity contribution in [2.75, 3.05) is 25.1 Å². The highest BCUT2D eigenvalue weighted by Gasteiger charge is 2.15. The zero-order valence-corrected chi connectivity index (χ0v) is 11.4. The van der Waals surface area contributed by atoms with Crippen molar-refractivity contribution in [1.29, 1.82) is 0 Å². The van der Waals surface area contributed by atoms with E-state index in [4.69, 9.17) is 4.74 Å². The maximum Gasteiger partial charge on any atom is 0.161 e. The highest BCUT2D eigenvalue weighted by Crippen LogP contribution is 2.23. The molecule has 0 spiro atoms. The minimum Gasteiger partial charge on any atom is -0.377 e. The number of ketones is 1. The molecule has 0 bridgehead atoms. The Morgan fingerprint density at radius 2 is 2.11 bits per heavy atom. The largest absolute Gasteiger partial charge is 0.377 e. The van der Waals surface area contributed by atoms with Crippen molar-refractivity contribution in [3.63, 3.8) is 0 Å². The van der Waals surface area contributed by atoms with Gasteiger partial charge in [-0.3, -0.25) is 4.79 Å². The van der Waals surface area contributed by atoms with Crippen molar-refractivity contribution in [2.45, 2.75) is 26.9 Å². The molecule has 0 aliphatic heterocycles. The Morgan fingerprint density at radius 1 is 1.44 bits per heavy atom. The zero-order valence-electron chi connectivity index (χ0n) is 11.4. The molecule has 3 nitrogen and oxygen atoms in total. The average Bonchev–Trinajstić information content (AvgIpc) is 2.27. The molecule has 4 heteroatoms. The van der Waals surface area contributed by atoms with Crippen LogP contribution in [0.5, 0.6) is 0 Å². The Bertz CT molecular complexity index is 418. The fourth-order valence-corrected chi connectivity index (χ4v) is 1.72. The smallest absolute Gasteiger partial charge is 0.161 e. The number of anilines is 1. The second kappa shape index (κ2) is 6.50. The van der Waals surface area contributed by atoms with E-state index in [2.05, 4.69) is 0 Å². The number of ether oxygens (including phenoxy) is 1. The summed E-state index contributed by atoms with van der Waals surface area (Å²) in [5.41, 5.74) is 0.749. The van der Waals surface area contributed by atoms with Gasteiger partial charge in [-0.25, -0.2) is 4.39 Å². The fraction of sp³-hybridized carbons (Fsp3) is 0.500. The summed E-state index contributed by atoms with van der Waals surface area (Å²) in [5.74, 6) is -0.518. The lowest BCUT2D eigenvalue weighted by molar-refractivity contribution is 0.0844. The fourth-order valence-electron chi connectivity index (χ4n) is 1.72. The number of hydrogen-bond donors (Lipinski definition) is 0. The van der Waals surface area contributed by atoms with Crippen LogP contribution in [0, 0.1) is 5.82 Å². The molecule has 1 rings (SSSR count). The molecule has 0 atom stereocenters. The third-order valence-corrected chi connectivity index (χ3v) is 2.63. The average molecular weight is 253 g/mol. The highest BCUT2D eigenvalue weighted by atomic mass is 19.1. The molecular weight excluding hydrogens is 233 g/mol. The molecule has 0 aliphatic carbocycles. The Balaban J connectivity index is 2.84. The molecule has 100 valence electrons. The van der Waals surface area contributed by atoms with Crippen LogP contribution in [0.15, 0.2) is 18.2 Å². The van der Waals surface area contributed by atoms with Gasteiger partial charge in [0.2, 0.25) is 0 Å². The second-order valence-corrected chi connectivity index (χ2v) is 4.53. The van der Waals surface area contributed by atoms with E-state index in [0.717, 1.165) is 0 Å². The van der Waals surface area contributed by atoms with E-state index in [-0.39, 0.29) is 17.7 Å². The van der Waals surface area contributed by atoms with Gasteiger partial charge in [0.1, 0.15) is 5.82 Å². The van der Waals surface area contributed by atoms with Crippen molar-refractivity contribution >= 4 is 11.5 Å². The van der Waals surface area contributed by atoms with Crippen molar-refractivity contribution in [3.8, 4) is 0 Å². The summed E-state index contributed by atoms with van der Waals surface area (Å²) in [7, 11) is 1.76. The maximum atomic E-state index is 13.8. The molecule has 0 amide bonds. The number of nitrogens with zero attached hydrogens (tertiary/aromatic N) is 1. The van der Waals surface area contributed by atoms with Gasteiger partial charge in [-0.15, -0.1) is 0 Å². The Labute approximate surface area is 108 Å². The van der Waals surface area contributed by atoms with Gasteiger partial charge in [0.15, 0.2) is 5.78 Å². The molecular formula is C14H20FNO2. The molecule has 0 aromatic heterocycles. The summed E-state index contributed by atoms with van der Waals surface area (Å²) in [5, 5.41) is 0. The molecule has 1 aromatic carbocycles. The molecule has 0 saturated carbocycles. The van der Waals surface area contributed by atoms with E-state index in [1.165, 1.54) is 13.0 Å². The van der Waals surface area contributed by atoms with Crippen molar-refractivity contribution in [3.05, 3.63) is 29.6 Å². The van der Waals surface area contributed by atoms with E-state index in [9.17, 15) is 9.18 Å². The molecule has 0 radical (unpaired) electrons. The molecule has 1 aromatic rings. The molecule has 0 N–H and O–H groups in total. The summed E-state index contributed by atoms with van der Waals surface area (Å²) in [4.78, 5) is 13.2. The Kier molecular flexibility index (Phi) is 5.28. The Hall–Kier alpha value is -1.42. The van der Waals surface area contributed by atoms with Gasteiger partial charge in [0.25, 0.3) is 0 Å². The number of carbonyl (C=O) groups excluding carboxylic acids is 1. The topological polar surface area (TPSA) is 29.5 Å². The van der Waals surface area contributed by atoms with E-state index < -0.39 is 0 Å². The first-order valence-electron chi connectivity index (χ1n) is 6.05. The lowest BCUT2D eigenvalue weighted by atomic mass is 10.1. The summed E-state index contributed by atoms with van der Waals surface area (Å²) in [6.07, 6.45) is 0.145. The minimum absolute atomic E-state index is 0.138. The molecule has 0 unspecified atom stereocenters. The van der Waals surface area contributed by atoms with Crippen molar-refractivity contribution in [2.24, 2.45) is 0 Å². The zero-order chi connectivity index (χ0) is 13.7. The van der Waals surface area contributed by atoms with Crippen molar-refractivity contribution in [1.82, 2.24) is 0 Å². The Morgan fingerprint density at radius 3 is 2.67 bits per heavy atom.